The molecule has 1 N–H and O–H groups in total. The molecule has 0 bridgehead atoms. The monoisotopic (exact) mass is 415 g/mol. The number of aryl methyl sites for hydroxylation is 1. The highest BCUT2D eigenvalue weighted by Gasteiger charge is 2.19. The van der Waals surface area contributed by atoms with E-state index in [2.05, 4.69) is 10.4 Å². The van der Waals surface area contributed by atoms with Gasteiger partial charge in [-0.05, 0) is 43.3 Å². The predicted molar refractivity (Wildman–Crippen MR) is 120 cm³/mol. The van der Waals surface area contributed by atoms with Crippen LogP contribution in [0.25, 0.3) is 16.9 Å². The van der Waals surface area contributed by atoms with E-state index in [0.29, 0.717) is 11.3 Å². The van der Waals surface area contributed by atoms with Crippen molar-refractivity contribution in [2.24, 2.45) is 0 Å². The Bertz CT molecular complexity index is 1200. The number of rotatable bonds is 5. The van der Waals surface area contributed by atoms with Gasteiger partial charge in [-0.2, -0.15) is 5.10 Å². The molecule has 150 valence electrons. The van der Waals surface area contributed by atoms with Gasteiger partial charge in [-0.25, -0.2) is 4.68 Å². The number of nitrogens with one attached hydrogen (secondary N) is 1. The van der Waals surface area contributed by atoms with Gasteiger partial charge in [-0.15, -0.1) is 0 Å². The van der Waals surface area contributed by atoms with Gasteiger partial charge in [0.05, 0.1) is 11.3 Å². The lowest BCUT2D eigenvalue weighted by atomic mass is 10.1. The van der Waals surface area contributed by atoms with Crippen LogP contribution in [-0.2, 0) is 10.8 Å². The Kier molecular flexibility index (Phi) is 5.59. The maximum Gasteiger partial charge on any atom is 0.259 e. The number of nitrogens with zero attached hydrogens (tertiary/aromatic N) is 2. The number of anilines is 1. The van der Waals surface area contributed by atoms with Crippen LogP contribution in [-0.4, -0.2) is 26.2 Å². The van der Waals surface area contributed by atoms with Gasteiger partial charge in [0.2, 0.25) is 0 Å². The van der Waals surface area contributed by atoms with Gasteiger partial charge in [0.1, 0.15) is 5.69 Å². The number of benzene rings is 3. The van der Waals surface area contributed by atoms with Crippen molar-refractivity contribution in [1.82, 2.24) is 9.78 Å². The Morgan fingerprint density at radius 1 is 0.933 bits per heavy atom. The van der Waals surface area contributed by atoms with Crippen LogP contribution in [0.4, 0.5) is 5.69 Å². The number of carbonyl (C=O) groups is 1. The van der Waals surface area contributed by atoms with Crippen LogP contribution in [0, 0.1) is 6.92 Å². The Morgan fingerprint density at radius 2 is 1.60 bits per heavy atom. The van der Waals surface area contributed by atoms with E-state index in [0.717, 1.165) is 27.4 Å². The normalized spacial score (nSPS) is 11.8. The highest BCUT2D eigenvalue weighted by molar-refractivity contribution is 7.84. The predicted octanol–water partition coefficient (Wildman–Crippen LogP) is 4.84. The number of hydrogen-bond donors (Lipinski definition) is 1. The van der Waals surface area contributed by atoms with Gasteiger partial charge in [0.15, 0.2) is 0 Å². The first-order chi connectivity index (χ1) is 14.5. The van der Waals surface area contributed by atoms with E-state index in [1.165, 1.54) is 0 Å². The first-order valence-corrected chi connectivity index (χ1v) is 11.0. The second-order valence-electron chi connectivity index (χ2n) is 6.97. The zero-order valence-corrected chi connectivity index (χ0v) is 17.5. The largest absolute Gasteiger partial charge is 0.322 e. The highest BCUT2D eigenvalue weighted by atomic mass is 32.2. The third-order valence-electron chi connectivity index (χ3n) is 4.75. The fourth-order valence-corrected chi connectivity index (χ4v) is 3.63. The summed E-state index contributed by atoms with van der Waals surface area (Å²) in [5, 5.41) is 7.63. The van der Waals surface area contributed by atoms with Crippen molar-refractivity contribution in [1.29, 1.82) is 0 Å². The molecule has 0 fully saturated rings. The van der Waals surface area contributed by atoms with Crippen molar-refractivity contribution in [3.8, 4) is 16.9 Å². The molecule has 3 aromatic carbocycles. The highest BCUT2D eigenvalue weighted by Crippen LogP contribution is 2.26. The third-order valence-corrected chi connectivity index (χ3v) is 5.68. The summed E-state index contributed by atoms with van der Waals surface area (Å²) in [5.74, 6) is -0.237. The minimum absolute atomic E-state index is 0.237. The molecule has 0 aliphatic heterocycles. The van der Waals surface area contributed by atoms with Crippen LogP contribution in [0.15, 0.2) is 90.0 Å². The molecule has 1 aromatic heterocycles. The summed E-state index contributed by atoms with van der Waals surface area (Å²) in [6.07, 6.45) is 3.37. The summed E-state index contributed by atoms with van der Waals surface area (Å²) in [6, 6.07) is 24.6. The third kappa shape index (κ3) is 4.23. The summed E-state index contributed by atoms with van der Waals surface area (Å²) in [6.45, 7) is 2.00. The number of amides is 1. The van der Waals surface area contributed by atoms with Crippen LogP contribution >= 0.6 is 0 Å². The summed E-state index contributed by atoms with van der Waals surface area (Å²) in [4.78, 5) is 13.8. The summed E-state index contributed by atoms with van der Waals surface area (Å²) in [5.41, 5.74) is 4.52. The molecule has 0 aliphatic rings. The summed E-state index contributed by atoms with van der Waals surface area (Å²) < 4.78 is 13.4. The molecular weight excluding hydrogens is 394 g/mol. The average molecular weight is 416 g/mol. The molecule has 5 nitrogen and oxygen atoms in total. The minimum atomic E-state index is -1.07. The molecule has 1 amide bonds. The van der Waals surface area contributed by atoms with Crippen LogP contribution in [0.1, 0.15) is 15.9 Å². The fourth-order valence-electron chi connectivity index (χ4n) is 3.11. The minimum Gasteiger partial charge on any atom is -0.322 e. The molecule has 0 aliphatic carbocycles. The van der Waals surface area contributed by atoms with Crippen molar-refractivity contribution in [2.45, 2.75) is 11.8 Å². The molecular formula is C24H21N3O2S. The Balaban J connectivity index is 1.75. The Hall–Kier alpha value is -3.51. The van der Waals surface area contributed by atoms with Crippen molar-refractivity contribution < 1.29 is 9.00 Å². The number of carbonyl (C=O) groups excluding carboxylic acids is 1. The molecule has 30 heavy (non-hydrogen) atoms. The molecule has 4 aromatic rings. The SMILES string of the molecule is Cc1ccc(NC(=O)c2cn(-c3ccccc3)nc2-c2ccc(S(C)=O)cc2)cc1. The number of hydrogen-bond acceptors (Lipinski definition) is 3. The first kappa shape index (κ1) is 19.8. The van der Waals surface area contributed by atoms with Gasteiger partial charge in [-0.1, -0.05) is 48.0 Å². The second kappa shape index (κ2) is 8.47. The maximum absolute atomic E-state index is 13.1. The lowest BCUT2D eigenvalue weighted by Gasteiger charge is -2.06. The van der Waals surface area contributed by atoms with Crippen LogP contribution in [0.3, 0.4) is 0 Å². The van der Waals surface area contributed by atoms with E-state index in [9.17, 15) is 9.00 Å². The van der Waals surface area contributed by atoms with Gasteiger partial charge < -0.3 is 5.32 Å². The van der Waals surface area contributed by atoms with E-state index in [-0.39, 0.29) is 5.91 Å². The summed E-state index contributed by atoms with van der Waals surface area (Å²) >= 11 is 0. The molecule has 6 heteroatoms. The molecule has 0 spiro atoms. The molecule has 1 unspecified atom stereocenters. The standard InChI is InChI=1S/C24H21N3O2S/c1-17-8-12-19(13-9-17)25-24(28)22-16-27(20-6-4-3-5-7-20)26-23(22)18-10-14-21(15-11-18)30(2)29/h3-16H,1-2H3,(H,25,28). The Morgan fingerprint density at radius 3 is 2.23 bits per heavy atom. The van der Waals surface area contributed by atoms with Crippen LogP contribution in [0.2, 0.25) is 0 Å². The molecule has 0 saturated carbocycles. The second-order valence-corrected chi connectivity index (χ2v) is 8.35. The molecule has 4 rings (SSSR count). The molecule has 1 atom stereocenters. The van der Waals surface area contributed by atoms with Crippen LogP contribution in [0.5, 0.6) is 0 Å². The van der Waals surface area contributed by atoms with Crippen molar-refractivity contribution in [3.63, 3.8) is 0 Å². The maximum atomic E-state index is 13.1. The molecule has 0 radical (unpaired) electrons. The fraction of sp³-hybridized carbons (Fsp3) is 0.0833. The zero-order valence-electron chi connectivity index (χ0n) is 16.7. The lowest BCUT2D eigenvalue weighted by Crippen LogP contribution is -2.12. The lowest BCUT2D eigenvalue weighted by molar-refractivity contribution is 0.102. The van der Waals surface area contributed by atoms with Crippen LogP contribution < -0.4 is 5.32 Å². The Labute approximate surface area is 177 Å². The molecule has 1 heterocycles. The van der Waals surface area contributed by atoms with E-state index in [1.54, 1.807) is 29.3 Å². The van der Waals surface area contributed by atoms with Gasteiger partial charge in [0.25, 0.3) is 5.91 Å². The number of para-hydroxylation sites is 1. The molecule has 0 saturated heterocycles. The van der Waals surface area contributed by atoms with E-state index in [1.807, 2.05) is 73.7 Å². The smallest absolute Gasteiger partial charge is 0.259 e. The van der Waals surface area contributed by atoms with Gasteiger partial charge in [-0.3, -0.25) is 9.00 Å². The van der Waals surface area contributed by atoms with Gasteiger partial charge in [0, 0.05) is 39.4 Å². The topological polar surface area (TPSA) is 64.0 Å². The van der Waals surface area contributed by atoms with E-state index < -0.39 is 10.8 Å². The van der Waals surface area contributed by atoms with Crippen molar-refractivity contribution in [2.75, 3.05) is 11.6 Å². The van der Waals surface area contributed by atoms with Crippen molar-refractivity contribution in [3.05, 3.63) is 96.2 Å². The quantitative estimate of drug-likeness (QED) is 0.507. The van der Waals surface area contributed by atoms with E-state index in [4.69, 9.17) is 0 Å². The number of aromatic nitrogens is 2. The first-order valence-electron chi connectivity index (χ1n) is 9.48. The van der Waals surface area contributed by atoms with Gasteiger partial charge >= 0.3 is 0 Å². The summed E-state index contributed by atoms with van der Waals surface area (Å²) in [7, 11) is -1.07. The van der Waals surface area contributed by atoms with Crippen molar-refractivity contribution >= 4 is 22.4 Å². The average Bonchev–Trinajstić information content (AvgIpc) is 3.22. The zero-order chi connectivity index (χ0) is 21.1. The van der Waals surface area contributed by atoms with E-state index >= 15 is 0 Å².